The lowest BCUT2D eigenvalue weighted by Gasteiger charge is -2.33. The van der Waals surface area contributed by atoms with E-state index in [1.165, 1.54) is 4.90 Å². The number of nitrogens with two attached hydrogens (primary N) is 1. The lowest BCUT2D eigenvalue weighted by Crippen LogP contribution is -2.43. The molecule has 0 saturated heterocycles. The summed E-state index contributed by atoms with van der Waals surface area (Å²) in [5, 5.41) is 0. The highest BCUT2D eigenvalue weighted by molar-refractivity contribution is 6.17. The number of amides is 1. The lowest BCUT2D eigenvalue weighted by atomic mass is 9.67. The number of Topliss-reactive ketones (excluding diaryl/α,β-unsaturated/α-hetero) is 1. The third kappa shape index (κ3) is 3.07. The average Bonchev–Trinajstić information content (AvgIpc) is 3.42. The minimum atomic E-state index is -1.49. The third-order valence-electron chi connectivity index (χ3n) is 7.22. The number of rotatable bonds is 4. The summed E-state index contributed by atoms with van der Waals surface area (Å²) >= 11 is 0. The monoisotopic (exact) mass is 483 g/mol. The topological polar surface area (TPSA) is 116 Å². The van der Waals surface area contributed by atoms with E-state index in [2.05, 4.69) is 4.98 Å². The van der Waals surface area contributed by atoms with Crippen molar-refractivity contribution in [3.05, 3.63) is 82.7 Å². The molecule has 1 spiro atoms. The van der Waals surface area contributed by atoms with E-state index in [-0.39, 0.29) is 36.8 Å². The van der Waals surface area contributed by atoms with Crippen LogP contribution in [0.15, 0.2) is 70.3 Å². The van der Waals surface area contributed by atoms with Gasteiger partial charge in [0.1, 0.15) is 18.8 Å². The van der Waals surface area contributed by atoms with Crippen LogP contribution in [0.5, 0.6) is 0 Å². The molecular formula is C28H25N3O5. The number of esters is 1. The number of allylic oxidation sites excluding steroid dienone is 1. The van der Waals surface area contributed by atoms with Crippen LogP contribution in [0.4, 0.5) is 6.01 Å². The maximum absolute atomic E-state index is 14.4. The predicted molar refractivity (Wildman–Crippen MR) is 130 cm³/mol. The molecule has 1 aliphatic heterocycles. The maximum Gasteiger partial charge on any atom is 0.326 e. The number of hydrogen-bond donors (Lipinski definition) is 1. The number of nitrogen functional groups attached to an aromatic ring is 1. The van der Waals surface area contributed by atoms with Gasteiger partial charge in [0.15, 0.2) is 17.0 Å². The number of ether oxygens (including phenoxy) is 1. The molecule has 1 atom stereocenters. The SMILES string of the molecule is CC1(C)CC(=O)C2=C(C1)N(CC(=O)OCc1ccccc1)C(=O)C21c2ccccc2-c2oc(N)nc21. The number of carbonyl (C=O) groups is 3. The van der Waals surface area contributed by atoms with E-state index in [9.17, 15) is 14.4 Å². The fourth-order valence-corrected chi connectivity index (χ4v) is 5.83. The van der Waals surface area contributed by atoms with Crippen LogP contribution < -0.4 is 5.73 Å². The zero-order chi connectivity index (χ0) is 25.2. The standard InChI is InChI=1S/C28H25N3O5/c1-27(2)12-19-22(20(32)13-27)28(18-11-7-6-10-17(18)23-24(28)30-26(29)36-23)25(34)31(19)14-21(33)35-15-16-8-4-3-5-9-16/h3-11H,12-15H2,1-2H3,(H2,29,30). The van der Waals surface area contributed by atoms with Crippen LogP contribution in [0.3, 0.4) is 0 Å². The number of carbonyl (C=O) groups excluding carboxylic acids is 3. The molecule has 2 aliphatic carbocycles. The Labute approximate surface area is 207 Å². The highest BCUT2D eigenvalue weighted by Gasteiger charge is 2.65. The van der Waals surface area contributed by atoms with Crippen LogP contribution in [-0.2, 0) is 31.1 Å². The van der Waals surface area contributed by atoms with Crippen LogP contribution in [0.25, 0.3) is 11.3 Å². The fraction of sp³-hybridized carbons (Fsp3) is 0.286. The Kier molecular flexibility index (Phi) is 4.73. The average molecular weight is 484 g/mol. The van der Waals surface area contributed by atoms with Crippen molar-refractivity contribution in [3.8, 4) is 11.3 Å². The highest BCUT2D eigenvalue weighted by Crippen LogP contribution is 2.60. The number of benzene rings is 2. The first-order valence-corrected chi connectivity index (χ1v) is 11.9. The number of anilines is 1. The molecule has 1 aromatic heterocycles. The normalized spacial score (nSPS) is 21.6. The zero-order valence-corrected chi connectivity index (χ0v) is 20.0. The molecule has 6 rings (SSSR count). The smallest absolute Gasteiger partial charge is 0.326 e. The van der Waals surface area contributed by atoms with Gasteiger partial charge in [-0.3, -0.25) is 14.4 Å². The molecule has 0 radical (unpaired) electrons. The number of hydrogen-bond acceptors (Lipinski definition) is 7. The summed E-state index contributed by atoms with van der Waals surface area (Å²) in [7, 11) is 0. The molecule has 3 aromatic rings. The molecular weight excluding hydrogens is 458 g/mol. The summed E-state index contributed by atoms with van der Waals surface area (Å²) in [6.07, 6.45) is 0.732. The first-order chi connectivity index (χ1) is 17.2. The predicted octanol–water partition coefficient (Wildman–Crippen LogP) is 3.75. The summed E-state index contributed by atoms with van der Waals surface area (Å²) in [6.45, 7) is 3.76. The molecule has 8 nitrogen and oxygen atoms in total. The van der Waals surface area contributed by atoms with Crippen molar-refractivity contribution in [2.45, 2.75) is 38.7 Å². The van der Waals surface area contributed by atoms with E-state index < -0.39 is 17.3 Å². The third-order valence-corrected chi connectivity index (χ3v) is 7.22. The van der Waals surface area contributed by atoms with E-state index >= 15 is 0 Å². The molecule has 182 valence electrons. The van der Waals surface area contributed by atoms with Crippen LogP contribution in [0.1, 0.15) is 43.5 Å². The van der Waals surface area contributed by atoms with Crippen molar-refractivity contribution in [2.75, 3.05) is 12.3 Å². The second kappa shape index (κ2) is 7.65. The van der Waals surface area contributed by atoms with Crippen molar-refractivity contribution >= 4 is 23.7 Å². The van der Waals surface area contributed by atoms with Gasteiger partial charge in [-0.15, -0.1) is 0 Å². The largest absolute Gasteiger partial charge is 0.459 e. The fourth-order valence-electron chi connectivity index (χ4n) is 5.83. The highest BCUT2D eigenvalue weighted by atomic mass is 16.5. The zero-order valence-electron chi connectivity index (χ0n) is 20.0. The summed E-state index contributed by atoms with van der Waals surface area (Å²) < 4.78 is 11.2. The minimum Gasteiger partial charge on any atom is -0.459 e. The van der Waals surface area contributed by atoms with E-state index in [4.69, 9.17) is 14.9 Å². The Morgan fingerprint density at radius 2 is 1.81 bits per heavy atom. The van der Waals surface area contributed by atoms with Gasteiger partial charge in [-0.05, 0) is 23.0 Å². The molecule has 0 bridgehead atoms. The van der Waals surface area contributed by atoms with Crippen LogP contribution in [0.2, 0.25) is 0 Å². The first-order valence-electron chi connectivity index (χ1n) is 11.9. The van der Waals surface area contributed by atoms with Gasteiger partial charge >= 0.3 is 5.97 Å². The molecule has 0 saturated carbocycles. The molecule has 2 aromatic carbocycles. The van der Waals surface area contributed by atoms with E-state index in [0.717, 1.165) is 5.56 Å². The van der Waals surface area contributed by atoms with Crippen molar-refractivity contribution in [1.29, 1.82) is 0 Å². The van der Waals surface area contributed by atoms with Crippen molar-refractivity contribution in [2.24, 2.45) is 5.41 Å². The lowest BCUT2D eigenvalue weighted by molar-refractivity contribution is -0.149. The molecule has 2 N–H and O–H groups in total. The molecule has 8 heteroatoms. The summed E-state index contributed by atoms with van der Waals surface area (Å²) in [5.74, 6) is -0.721. The molecule has 1 unspecified atom stereocenters. The number of fused-ring (bicyclic) bond motifs is 6. The molecule has 1 amide bonds. The second-order valence-corrected chi connectivity index (χ2v) is 10.3. The van der Waals surface area contributed by atoms with Crippen LogP contribution >= 0.6 is 0 Å². The maximum atomic E-state index is 14.4. The number of oxazole rings is 1. The van der Waals surface area contributed by atoms with E-state index in [0.29, 0.717) is 40.3 Å². The van der Waals surface area contributed by atoms with Gasteiger partial charge in [-0.2, -0.15) is 4.98 Å². The summed E-state index contributed by atoms with van der Waals surface area (Å²) in [6, 6.07) is 16.5. The van der Waals surface area contributed by atoms with E-state index in [1.807, 2.05) is 68.4 Å². The van der Waals surface area contributed by atoms with Crippen LogP contribution in [-0.4, -0.2) is 34.1 Å². The van der Waals surface area contributed by atoms with Crippen LogP contribution in [0, 0.1) is 5.41 Å². The Morgan fingerprint density at radius 1 is 1.08 bits per heavy atom. The first kappa shape index (κ1) is 22.3. The molecule has 0 fully saturated rings. The Balaban J connectivity index is 1.46. The van der Waals surface area contributed by atoms with E-state index in [1.54, 1.807) is 0 Å². The Hall–Kier alpha value is -4.20. The number of nitrogens with zero attached hydrogens (tertiary/aromatic N) is 2. The summed E-state index contributed by atoms with van der Waals surface area (Å²) in [5.41, 5.74) is 7.41. The number of aromatic nitrogens is 1. The van der Waals surface area contributed by atoms with Crippen molar-refractivity contribution in [3.63, 3.8) is 0 Å². The van der Waals surface area contributed by atoms with Crippen molar-refractivity contribution < 1.29 is 23.5 Å². The van der Waals surface area contributed by atoms with Gasteiger partial charge < -0.3 is 19.8 Å². The van der Waals surface area contributed by atoms with Gasteiger partial charge in [-0.25, -0.2) is 0 Å². The Morgan fingerprint density at radius 3 is 2.58 bits per heavy atom. The van der Waals surface area contributed by atoms with Gasteiger partial charge in [0.2, 0.25) is 5.91 Å². The second-order valence-electron chi connectivity index (χ2n) is 10.3. The van der Waals surface area contributed by atoms with Crippen molar-refractivity contribution in [1.82, 2.24) is 9.88 Å². The van der Waals surface area contributed by atoms with Gasteiger partial charge in [-0.1, -0.05) is 68.4 Å². The van der Waals surface area contributed by atoms with Gasteiger partial charge in [0, 0.05) is 23.3 Å². The van der Waals surface area contributed by atoms with Gasteiger partial charge in [0.05, 0.1) is 0 Å². The quantitative estimate of drug-likeness (QED) is 0.562. The Bertz CT molecular complexity index is 1470. The number of ketones is 1. The molecule has 3 aliphatic rings. The molecule has 2 heterocycles. The summed E-state index contributed by atoms with van der Waals surface area (Å²) in [4.78, 5) is 46.9. The minimum absolute atomic E-state index is 0.0758. The van der Waals surface area contributed by atoms with Gasteiger partial charge in [0.25, 0.3) is 6.01 Å². The molecule has 36 heavy (non-hydrogen) atoms.